The maximum atomic E-state index is 14.0. The predicted octanol–water partition coefficient (Wildman–Crippen LogP) is 2.83. The van der Waals surface area contributed by atoms with Gasteiger partial charge in [0.1, 0.15) is 0 Å². The van der Waals surface area contributed by atoms with Crippen LogP contribution in [0.2, 0.25) is 0 Å². The molecule has 5 nitrogen and oxygen atoms in total. The Bertz CT molecular complexity index is 852. The summed E-state index contributed by atoms with van der Waals surface area (Å²) in [5.41, 5.74) is 0.425. The second kappa shape index (κ2) is 7.03. The first-order valence-electron chi connectivity index (χ1n) is 9.39. The number of benzene rings is 1. The lowest BCUT2D eigenvalue weighted by molar-refractivity contribution is 0.0661. The van der Waals surface area contributed by atoms with Gasteiger partial charge in [0, 0.05) is 56.6 Å². The van der Waals surface area contributed by atoms with Crippen molar-refractivity contribution in [3.63, 3.8) is 0 Å². The molecule has 7 heteroatoms. The van der Waals surface area contributed by atoms with Gasteiger partial charge in [-0.1, -0.05) is 12.1 Å². The summed E-state index contributed by atoms with van der Waals surface area (Å²) in [6, 6.07) is 4.34. The van der Waals surface area contributed by atoms with Crippen LogP contribution in [-0.4, -0.2) is 51.4 Å². The van der Waals surface area contributed by atoms with Crippen molar-refractivity contribution in [1.82, 2.24) is 19.4 Å². The number of rotatable bonds is 3. The molecule has 144 valence electrons. The van der Waals surface area contributed by atoms with Gasteiger partial charge in [-0.3, -0.25) is 9.69 Å². The van der Waals surface area contributed by atoms with E-state index in [0.717, 1.165) is 38.4 Å². The average molecular weight is 374 g/mol. The zero-order valence-electron chi connectivity index (χ0n) is 15.5. The standard InChI is InChI=1S/C20H24F2N4O/c1-24-11-8-23-18(24)19(27)26-10-7-20(14-26)6-3-9-25(13-20)12-15-4-2-5-16(21)17(15)22/h2,4-5,8,11H,3,6-7,9-10,12-14H2,1H3. The molecule has 4 rings (SSSR count). The molecular weight excluding hydrogens is 350 g/mol. The fourth-order valence-electron chi connectivity index (χ4n) is 4.51. The van der Waals surface area contributed by atoms with Crippen LogP contribution in [-0.2, 0) is 13.6 Å². The summed E-state index contributed by atoms with van der Waals surface area (Å²) in [5.74, 6) is -1.13. The van der Waals surface area contributed by atoms with Gasteiger partial charge in [0.05, 0.1) is 0 Å². The molecule has 3 heterocycles. The van der Waals surface area contributed by atoms with Crippen LogP contribution < -0.4 is 0 Å². The van der Waals surface area contributed by atoms with Crippen LogP contribution in [0, 0.1) is 17.0 Å². The lowest BCUT2D eigenvalue weighted by atomic mass is 9.79. The van der Waals surface area contributed by atoms with Crippen molar-refractivity contribution in [2.24, 2.45) is 12.5 Å². The highest BCUT2D eigenvalue weighted by Gasteiger charge is 2.43. The molecule has 0 saturated carbocycles. The number of amides is 1. The number of hydrogen-bond acceptors (Lipinski definition) is 3. The minimum absolute atomic E-state index is 0.0306. The summed E-state index contributed by atoms with van der Waals surface area (Å²) in [7, 11) is 1.82. The molecule has 2 aliphatic rings. The Morgan fingerprint density at radius 1 is 1.22 bits per heavy atom. The zero-order valence-corrected chi connectivity index (χ0v) is 15.5. The van der Waals surface area contributed by atoms with Crippen molar-refractivity contribution in [1.29, 1.82) is 0 Å². The first-order chi connectivity index (χ1) is 13.0. The molecule has 1 unspecified atom stereocenters. The maximum absolute atomic E-state index is 14.0. The van der Waals surface area contributed by atoms with Crippen LogP contribution in [0.1, 0.15) is 35.4 Å². The summed E-state index contributed by atoms with van der Waals surface area (Å²) in [4.78, 5) is 21.0. The summed E-state index contributed by atoms with van der Waals surface area (Å²) in [6.07, 6.45) is 6.40. The molecule has 0 N–H and O–H groups in total. The topological polar surface area (TPSA) is 41.4 Å². The quantitative estimate of drug-likeness (QED) is 0.830. The molecule has 2 fully saturated rings. The van der Waals surface area contributed by atoms with E-state index in [0.29, 0.717) is 31.0 Å². The van der Waals surface area contributed by atoms with Crippen LogP contribution in [0.25, 0.3) is 0 Å². The van der Waals surface area contributed by atoms with Crippen molar-refractivity contribution in [2.45, 2.75) is 25.8 Å². The Balaban J connectivity index is 1.44. The first kappa shape index (κ1) is 18.1. The van der Waals surface area contributed by atoms with Gasteiger partial charge in [-0.2, -0.15) is 0 Å². The molecule has 0 aliphatic carbocycles. The van der Waals surface area contributed by atoms with E-state index in [4.69, 9.17) is 0 Å². The predicted molar refractivity (Wildman–Crippen MR) is 97.0 cm³/mol. The fraction of sp³-hybridized carbons (Fsp3) is 0.500. The van der Waals surface area contributed by atoms with Gasteiger partial charge in [-0.05, 0) is 31.9 Å². The van der Waals surface area contributed by atoms with E-state index in [1.807, 2.05) is 11.9 Å². The van der Waals surface area contributed by atoms with Gasteiger partial charge in [0.25, 0.3) is 5.91 Å². The summed E-state index contributed by atoms with van der Waals surface area (Å²) >= 11 is 0. The highest BCUT2D eigenvalue weighted by molar-refractivity contribution is 5.91. The summed E-state index contributed by atoms with van der Waals surface area (Å²) in [6.45, 7) is 3.48. The molecular formula is C20H24F2N4O. The SMILES string of the molecule is Cn1ccnc1C(=O)N1CCC2(CCCN(Cc3cccc(F)c3F)C2)C1. The number of aromatic nitrogens is 2. The lowest BCUT2D eigenvalue weighted by Crippen LogP contribution is -2.45. The van der Waals surface area contributed by atoms with Crippen LogP contribution in [0.15, 0.2) is 30.6 Å². The normalized spacial score (nSPS) is 23.3. The second-order valence-corrected chi connectivity index (χ2v) is 7.87. The fourth-order valence-corrected chi connectivity index (χ4v) is 4.51. The van der Waals surface area contributed by atoms with E-state index in [1.54, 1.807) is 29.1 Å². The number of halogens is 2. The first-order valence-corrected chi connectivity index (χ1v) is 9.39. The Labute approximate surface area is 157 Å². The summed E-state index contributed by atoms with van der Waals surface area (Å²) < 4.78 is 29.3. The van der Waals surface area contributed by atoms with Crippen LogP contribution in [0.4, 0.5) is 8.78 Å². The van der Waals surface area contributed by atoms with Gasteiger partial charge < -0.3 is 9.47 Å². The molecule has 1 aromatic heterocycles. The minimum Gasteiger partial charge on any atom is -0.335 e. The number of aryl methyl sites for hydroxylation is 1. The Hall–Kier alpha value is -2.28. The van der Waals surface area contributed by atoms with Crippen molar-refractivity contribution in [3.8, 4) is 0 Å². The molecule has 1 atom stereocenters. The molecule has 1 spiro atoms. The van der Waals surface area contributed by atoms with Gasteiger partial charge in [0.2, 0.25) is 0 Å². The van der Waals surface area contributed by atoms with Crippen molar-refractivity contribution >= 4 is 5.91 Å². The number of carbonyl (C=O) groups excluding carboxylic acids is 1. The third-order valence-electron chi connectivity index (χ3n) is 5.90. The molecule has 0 bridgehead atoms. The number of carbonyl (C=O) groups is 1. The van der Waals surface area contributed by atoms with Gasteiger partial charge >= 0.3 is 0 Å². The van der Waals surface area contributed by atoms with Gasteiger partial charge in [-0.25, -0.2) is 13.8 Å². The largest absolute Gasteiger partial charge is 0.335 e. The van der Waals surface area contributed by atoms with Gasteiger partial charge in [0.15, 0.2) is 17.5 Å². The third-order valence-corrected chi connectivity index (χ3v) is 5.90. The molecule has 0 radical (unpaired) electrons. The molecule has 2 aromatic rings. The molecule has 1 aromatic carbocycles. The molecule has 2 aliphatic heterocycles. The van der Waals surface area contributed by atoms with E-state index >= 15 is 0 Å². The lowest BCUT2D eigenvalue weighted by Gasteiger charge is -2.40. The van der Waals surface area contributed by atoms with Gasteiger partial charge in [-0.15, -0.1) is 0 Å². The Kier molecular flexibility index (Phi) is 4.72. The van der Waals surface area contributed by atoms with Crippen LogP contribution >= 0.6 is 0 Å². The van der Waals surface area contributed by atoms with Crippen molar-refractivity contribution in [2.75, 3.05) is 26.2 Å². The second-order valence-electron chi connectivity index (χ2n) is 7.87. The van der Waals surface area contributed by atoms with E-state index in [1.165, 1.54) is 0 Å². The van der Waals surface area contributed by atoms with E-state index in [-0.39, 0.29) is 11.3 Å². The Morgan fingerprint density at radius 3 is 2.85 bits per heavy atom. The van der Waals surface area contributed by atoms with Crippen LogP contribution in [0.3, 0.4) is 0 Å². The molecule has 1 amide bonds. The molecule has 27 heavy (non-hydrogen) atoms. The van der Waals surface area contributed by atoms with Crippen molar-refractivity contribution < 1.29 is 13.6 Å². The number of piperidine rings is 1. The number of imidazole rings is 1. The third kappa shape index (κ3) is 3.48. The number of likely N-dealkylation sites (tertiary alicyclic amines) is 2. The highest BCUT2D eigenvalue weighted by atomic mass is 19.2. The van der Waals surface area contributed by atoms with Crippen molar-refractivity contribution in [3.05, 3.63) is 53.6 Å². The average Bonchev–Trinajstić information content (AvgIpc) is 3.25. The Morgan fingerprint density at radius 2 is 2.07 bits per heavy atom. The van der Waals surface area contributed by atoms with E-state index in [2.05, 4.69) is 9.88 Å². The monoisotopic (exact) mass is 374 g/mol. The number of hydrogen-bond donors (Lipinski definition) is 0. The maximum Gasteiger partial charge on any atom is 0.289 e. The smallest absolute Gasteiger partial charge is 0.289 e. The zero-order chi connectivity index (χ0) is 19.0. The molecule has 2 saturated heterocycles. The van der Waals surface area contributed by atoms with Crippen LogP contribution in [0.5, 0.6) is 0 Å². The summed E-state index contributed by atoms with van der Waals surface area (Å²) in [5, 5.41) is 0. The minimum atomic E-state index is -0.799. The highest BCUT2D eigenvalue weighted by Crippen LogP contribution is 2.39. The van der Waals surface area contributed by atoms with E-state index < -0.39 is 11.6 Å². The van der Waals surface area contributed by atoms with E-state index in [9.17, 15) is 13.6 Å². The number of nitrogens with zero attached hydrogens (tertiary/aromatic N) is 4.